The molecule has 0 radical (unpaired) electrons. The fraction of sp³-hybridized carbons (Fsp3) is 0.583. The normalized spacial score (nSPS) is 21.7. The van der Waals surface area contributed by atoms with Gasteiger partial charge in [-0.05, 0) is 55.7 Å². The smallest absolute Gasteiger partial charge is 0.193 e. The van der Waals surface area contributed by atoms with E-state index in [1.54, 1.807) is 0 Å². The highest BCUT2D eigenvalue weighted by molar-refractivity contribution is 5.80. The summed E-state index contributed by atoms with van der Waals surface area (Å²) < 4.78 is 8.13. The lowest BCUT2D eigenvalue weighted by molar-refractivity contribution is 0.0402. The molecule has 1 saturated heterocycles. The van der Waals surface area contributed by atoms with E-state index >= 15 is 0 Å². The summed E-state index contributed by atoms with van der Waals surface area (Å²) in [5, 5.41) is 7.80. The van der Waals surface area contributed by atoms with Gasteiger partial charge in [-0.15, -0.1) is 0 Å². The quantitative estimate of drug-likeness (QED) is 0.431. The van der Waals surface area contributed by atoms with E-state index in [2.05, 4.69) is 52.7 Å². The van der Waals surface area contributed by atoms with Crippen molar-refractivity contribution < 1.29 is 4.74 Å². The van der Waals surface area contributed by atoms with Gasteiger partial charge in [0.2, 0.25) is 0 Å². The molecular formula is C24H35N5O. The third-order valence-corrected chi connectivity index (χ3v) is 6.22. The van der Waals surface area contributed by atoms with Crippen LogP contribution in [0.15, 0.2) is 41.7 Å². The number of nitrogens with zero attached hydrogens (tertiary/aromatic N) is 4. The Bertz CT molecular complexity index is 846. The molecule has 2 aliphatic rings. The van der Waals surface area contributed by atoms with Crippen LogP contribution in [0.2, 0.25) is 0 Å². The minimum absolute atomic E-state index is 0.256. The Labute approximate surface area is 180 Å². The number of hydrogen-bond donors (Lipinski definition) is 1. The van der Waals surface area contributed by atoms with Gasteiger partial charge in [0.05, 0.1) is 12.3 Å². The van der Waals surface area contributed by atoms with E-state index in [1.807, 2.05) is 17.9 Å². The van der Waals surface area contributed by atoms with Gasteiger partial charge >= 0.3 is 0 Å². The van der Waals surface area contributed by atoms with Crippen molar-refractivity contribution in [1.82, 2.24) is 20.0 Å². The van der Waals surface area contributed by atoms with Crippen LogP contribution in [-0.4, -0.2) is 53.4 Å². The Kier molecular flexibility index (Phi) is 7.05. The van der Waals surface area contributed by atoms with Crippen LogP contribution in [0.3, 0.4) is 0 Å². The van der Waals surface area contributed by atoms with Crippen molar-refractivity contribution in [3.63, 3.8) is 0 Å². The number of aliphatic imine (C=N–C) groups is 1. The Hall–Kier alpha value is -2.34. The molecule has 1 N–H and O–H groups in total. The minimum Gasteiger partial charge on any atom is -0.373 e. The summed E-state index contributed by atoms with van der Waals surface area (Å²) in [7, 11) is 1.98. The maximum absolute atomic E-state index is 6.24. The van der Waals surface area contributed by atoms with E-state index in [0.29, 0.717) is 5.92 Å². The summed E-state index contributed by atoms with van der Waals surface area (Å²) in [4.78, 5) is 7.27. The summed E-state index contributed by atoms with van der Waals surface area (Å²) in [5.41, 5.74) is 4.18. The van der Waals surface area contributed by atoms with Crippen LogP contribution in [0, 0.1) is 0 Å². The molecule has 0 saturated carbocycles. The van der Waals surface area contributed by atoms with Crippen molar-refractivity contribution in [3.05, 3.63) is 53.3 Å². The van der Waals surface area contributed by atoms with Gasteiger partial charge in [-0.2, -0.15) is 5.10 Å². The van der Waals surface area contributed by atoms with Crippen molar-refractivity contribution in [2.45, 2.75) is 51.0 Å². The number of benzene rings is 1. The SMILES string of the molecule is CCNC(=NCCCOC1CCCc2ccccc21)N1CCC(c2cnn(C)c2)C1. The fourth-order valence-electron chi connectivity index (χ4n) is 4.66. The molecule has 4 rings (SSSR count). The molecule has 162 valence electrons. The summed E-state index contributed by atoms with van der Waals surface area (Å²) in [5.74, 6) is 1.57. The van der Waals surface area contributed by atoms with E-state index in [4.69, 9.17) is 9.73 Å². The molecule has 1 fully saturated rings. The van der Waals surface area contributed by atoms with Crippen molar-refractivity contribution in [1.29, 1.82) is 0 Å². The number of likely N-dealkylation sites (tertiary alicyclic amines) is 1. The summed E-state index contributed by atoms with van der Waals surface area (Å²) in [6.45, 7) is 6.63. The first-order valence-electron chi connectivity index (χ1n) is 11.5. The zero-order chi connectivity index (χ0) is 20.8. The largest absolute Gasteiger partial charge is 0.373 e. The van der Waals surface area contributed by atoms with Crippen molar-refractivity contribution in [2.75, 3.05) is 32.8 Å². The molecule has 6 heteroatoms. The van der Waals surface area contributed by atoms with Gasteiger partial charge in [0, 0.05) is 51.9 Å². The lowest BCUT2D eigenvalue weighted by Gasteiger charge is -2.25. The number of aryl methyl sites for hydroxylation is 2. The van der Waals surface area contributed by atoms with Crippen LogP contribution >= 0.6 is 0 Å². The molecule has 0 spiro atoms. The molecule has 2 heterocycles. The summed E-state index contributed by atoms with van der Waals surface area (Å²) in [6.07, 6.45) is 10.0. The van der Waals surface area contributed by atoms with Crippen LogP contribution in [-0.2, 0) is 18.2 Å². The molecule has 2 unspecified atom stereocenters. The molecule has 30 heavy (non-hydrogen) atoms. The molecule has 1 aromatic heterocycles. The average molecular weight is 410 g/mol. The Morgan fingerprint density at radius 1 is 1.30 bits per heavy atom. The van der Waals surface area contributed by atoms with Gasteiger partial charge in [0.15, 0.2) is 5.96 Å². The second-order valence-corrected chi connectivity index (χ2v) is 8.42. The highest BCUT2D eigenvalue weighted by atomic mass is 16.5. The first-order chi connectivity index (χ1) is 14.7. The maximum atomic E-state index is 6.24. The number of rotatable bonds is 7. The van der Waals surface area contributed by atoms with Crippen molar-refractivity contribution >= 4 is 5.96 Å². The van der Waals surface area contributed by atoms with Crippen LogP contribution < -0.4 is 5.32 Å². The fourth-order valence-corrected chi connectivity index (χ4v) is 4.66. The predicted octanol–water partition coefficient (Wildman–Crippen LogP) is 3.66. The summed E-state index contributed by atoms with van der Waals surface area (Å²) in [6, 6.07) is 8.73. The Morgan fingerprint density at radius 2 is 2.20 bits per heavy atom. The Morgan fingerprint density at radius 3 is 3.03 bits per heavy atom. The van der Waals surface area contributed by atoms with Gasteiger partial charge < -0.3 is 15.0 Å². The van der Waals surface area contributed by atoms with E-state index in [1.165, 1.54) is 29.5 Å². The molecule has 2 aromatic rings. The number of aromatic nitrogens is 2. The van der Waals surface area contributed by atoms with Crippen LogP contribution in [0.4, 0.5) is 0 Å². The third kappa shape index (κ3) is 5.04. The van der Waals surface area contributed by atoms with Crippen LogP contribution in [0.25, 0.3) is 0 Å². The lowest BCUT2D eigenvalue weighted by atomic mass is 9.89. The van der Waals surface area contributed by atoms with Gasteiger partial charge in [-0.3, -0.25) is 9.67 Å². The molecule has 6 nitrogen and oxygen atoms in total. The second kappa shape index (κ2) is 10.1. The monoisotopic (exact) mass is 409 g/mol. The van der Waals surface area contributed by atoms with E-state index in [0.717, 1.165) is 58.0 Å². The number of guanidine groups is 1. The minimum atomic E-state index is 0.256. The van der Waals surface area contributed by atoms with E-state index < -0.39 is 0 Å². The zero-order valence-electron chi connectivity index (χ0n) is 18.4. The molecular weight excluding hydrogens is 374 g/mol. The number of fused-ring (bicyclic) bond motifs is 1. The van der Waals surface area contributed by atoms with Gasteiger partial charge in [0.1, 0.15) is 0 Å². The molecule has 0 amide bonds. The highest BCUT2D eigenvalue weighted by Crippen LogP contribution is 2.32. The van der Waals surface area contributed by atoms with E-state index in [-0.39, 0.29) is 6.10 Å². The first-order valence-corrected chi connectivity index (χ1v) is 11.5. The van der Waals surface area contributed by atoms with Gasteiger partial charge in [-0.1, -0.05) is 24.3 Å². The van der Waals surface area contributed by atoms with Crippen molar-refractivity contribution in [2.24, 2.45) is 12.0 Å². The molecule has 1 aliphatic carbocycles. The molecule has 1 aromatic carbocycles. The number of ether oxygens (including phenoxy) is 1. The lowest BCUT2D eigenvalue weighted by Crippen LogP contribution is -2.40. The highest BCUT2D eigenvalue weighted by Gasteiger charge is 2.27. The molecule has 0 bridgehead atoms. The third-order valence-electron chi connectivity index (χ3n) is 6.22. The topological polar surface area (TPSA) is 54.7 Å². The first kappa shape index (κ1) is 20.9. The van der Waals surface area contributed by atoms with E-state index in [9.17, 15) is 0 Å². The van der Waals surface area contributed by atoms with Gasteiger partial charge in [-0.25, -0.2) is 0 Å². The zero-order valence-corrected chi connectivity index (χ0v) is 18.4. The summed E-state index contributed by atoms with van der Waals surface area (Å²) >= 11 is 0. The molecule has 1 aliphatic heterocycles. The standard InChI is InChI=1S/C24H35N5O/c1-3-25-24(29-14-12-20(18-29)21-16-27-28(2)17-21)26-13-7-15-30-23-11-6-9-19-8-4-5-10-22(19)23/h4-5,8,10,16-17,20,23H,3,6-7,9,11-15,18H2,1-2H3,(H,25,26). The van der Waals surface area contributed by atoms with Crippen molar-refractivity contribution in [3.8, 4) is 0 Å². The molecule has 2 atom stereocenters. The average Bonchev–Trinajstić information content (AvgIpc) is 3.42. The second-order valence-electron chi connectivity index (χ2n) is 8.42. The predicted molar refractivity (Wildman–Crippen MR) is 121 cm³/mol. The number of hydrogen-bond acceptors (Lipinski definition) is 3. The van der Waals surface area contributed by atoms with Crippen LogP contribution in [0.5, 0.6) is 0 Å². The van der Waals surface area contributed by atoms with Gasteiger partial charge in [0.25, 0.3) is 0 Å². The van der Waals surface area contributed by atoms with Crippen LogP contribution in [0.1, 0.15) is 61.3 Å². The Balaban J connectivity index is 1.26. The maximum Gasteiger partial charge on any atom is 0.193 e. The number of nitrogens with one attached hydrogen (secondary N) is 1.